The zero-order valence-corrected chi connectivity index (χ0v) is 15.0. The van der Waals surface area contributed by atoms with E-state index in [0.717, 1.165) is 17.9 Å². The largest absolute Gasteiger partial charge is 0.372 e. The van der Waals surface area contributed by atoms with Crippen LogP contribution in [-0.4, -0.2) is 38.0 Å². The van der Waals surface area contributed by atoms with Gasteiger partial charge in [-0.1, -0.05) is 6.92 Å². The van der Waals surface area contributed by atoms with E-state index in [1.807, 2.05) is 6.92 Å². The van der Waals surface area contributed by atoms with E-state index in [-0.39, 0.29) is 10.9 Å². The van der Waals surface area contributed by atoms with Crippen molar-refractivity contribution in [1.29, 1.82) is 0 Å². The van der Waals surface area contributed by atoms with Crippen molar-refractivity contribution in [3.05, 3.63) is 16.7 Å². The second-order valence-corrected chi connectivity index (χ2v) is 8.25. The summed E-state index contributed by atoms with van der Waals surface area (Å²) in [7, 11) is -1.93. The first-order chi connectivity index (χ1) is 9.40. The highest BCUT2D eigenvalue weighted by atomic mass is 79.9. The van der Waals surface area contributed by atoms with Crippen molar-refractivity contribution in [2.45, 2.75) is 31.2 Å². The van der Waals surface area contributed by atoms with Gasteiger partial charge in [0.15, 0.2) is 0 Å². The molecule has 0 spiro atoms. The number of hydrogen-bond donors (Lipinski definition) is 2. The topological polar surface area (TPSA) is 71.1 Å². The van der Waals surface area contributed by atoms with Crippen molar-refractivity contribution in [2.75, 3.05) is 23.9 Å². The Labute approximate surface area is 133 Å². The lowest BCUT2D eigenvalue weighted by molar-refractivity contribution is 0.557. The van der Waals surface area contributed by atoms with Crippen LogP contribution in [0.3, 0.4) is 0 Å². The van der Waals surface area contributed by atoms with Crippen molar-refractivity contribution in [1.82, 2.24) is 9.71 Å². The zero-order chi connectivity index (χ0) is 15.2. The predicted octanol–water partition coefficient (Wildman–Crippen LogP) is 2.70. The number of thioether (sulfide) groups is 1. The van der Waals surface area contributed by atoms with Crippen LogP contribution in [0.5, 0.6) is 0 Å². The van der Waals surface area contributed by atoms with Crippen LogP contribution < -0.4 is 10.0 Å². The molecule has 5 nitrogen and oxygen atoms in total. The standard InChI is InChI=1S/C12H20BrN3O2S2/c1-4-19-6-5-9(2)16-20(17,18)11-7-10(13)8-15-12(11)14-3/h7-9,16H,4-6H2,1-3H3,(H,14,15). The number of sulfonamides is 1. The lowest BCUT2D eigenvalue weighted by Gasteiger charge is -2.15. The summed E-state index contributed by atoms with van der Waals surface area (Å²) >= 11 is 5.05. The Bertz CT molecular complexity index is 538. The van der Waals surface area contributed by atoms with E-state index in [4.69, 9.17) is 0 Å². The molecule has 114 valence electrons. The lowest BCUT2D eigenvalue weighted by Crippen LogP contribution is -2.33. The molecule has 1 aromatic heterocycles. The molecule has 0 amide bonds. The van der Waals surface area contributed by atoms with Gasteiger partial charge in [0, 0.05) is 23.8 Å². The highest BCUT2D eigenvalue weighted by Crippen LogP contribution is 2.22. The zero-order valence-electron chi connectivity index (χ0n) is 11.8. The van der Waals surface area contributed by atoms with Crippen LogP contribution in [0.1, 0.15) is 20.3 Å². The summed E-state index contributed by atoms with van der Waals surface area (Å²) in [6.07, 6.45) is 2.36. The number of anilines is 1. The molecule has 0 aromatic carbocycles. The third-order valence-corrected chi connectivity index (χ3v) is 5.57. The monoisotopic (exact) mass is 381 g/mol. The molecular weight excluding hydrogens is 362 g/mol. The van der Waals surface area contributed by atoms with Crippen molar-refractivity contribution in [3.8, 4) is 0 Å². The Kier molecular flexibility index (Phi) is 7.28. The summed E-state index contributed by atoms with van der Waals surface area (Å²) in [5.41, 5.74) is 0. The number of rotatable bonds is 8. The van der Waals surface area contributed by atoms with Gasteiger partial charge in [-0.15, -0.1) is 0 Å². The molecule has 1 heterocycles. The number of aromatic nitrogens is 1. The van der Waals surface area contributed by atoms with Gasteiger partial charge in [0.25, 0.3) is 0 Å². The normalized spacial score (nSPS) is 13.2. The molecule has 0 bridgehead atoms. The average Bonchev–Trinajstić information content (AvgIpc) is 2.38. The summed E-state index contributed by atoms with van der Waals surface area (Å²) in [5.74, 6) is 2.32. The van der Waals surface area contributed by atoms with Gasteiger partial charge in [0.05, 0.1) is 0 Å². The van der Waals surface area contributed by atoms with Crippen LogP contribution >= 0.6 is 27.7 Å². The van der Waals surface area contributed by atoms with Gasteiger partial charge in [0.2, 0.25) is 10.0 Å². The summed E-state index contributed by atoms with van der Waals surface area (Å²) in [4.78, 5) is 4.22. The Morgan fingerprint density at radius 2 is 2.20 bits per heavy atom. The molecule has 0 aliphatic heterocycles. The van der Waals surface area contributed by atoms with Crippen LogP contribution in [0.2, 0.25) is 0 Å². The molecule has 1 unspecified atom stereocenters. The Morgan fingerprint density at radius 3 is 2.80 bits per heavy atom. The van der Waals surface area contributed by atoms with E-state index < -0.39 is 10.0 Å². The fourth-order valence-electron chi connectivity index (χ4n) is 1.61. The highest BCUT2D eigenvalue weighted by molar-refractivity contribution is 9.10. The first-order valence-corrected chi connectivity index (χ1v) is 9.77. The van der Waals surface area contributed by atoms with E-state index >= 15 is 0 Å². The van der Waals surface area contributed by atoms with Gasteiger partial charge >= 0.3 is 0 Å². The number of halogens is 1. The number of nitrogens with one attached hydrogen (secondary N) is 2. The van der Waals surface area contributed by atoms with Gasteiger partial charge in [-0.25, -0.2) is 18.1 Å². The van der Waals surface area contributed by atoms with E-state index in [0.29, 0.717) is 10.3 Å². The number of hydrogen-bond acceptors (Lipinski definition) is 5. The van der Waals surface area contributed by atoms with Crippen molar-refractivity contribution < 1.29 is 8.42 Å². The maximum Gasteiger partial charge on any atom is 0.244 e. The van der Waals surface area contributed by atoms with Gasteiger partial charge in [-0.2, -0.15) is 11.8 Å². The van der Waals surface area contributed by atoms with Crippen molar-refractivity contribution in [3.63, 3.8) is 0 Å². The van der Waals surface area contributed by atoms with Gasteiger partial charge in [-0.05, 0) is 46.8 Å². The molecular formula is C12H20BrN3O2S2. The minimum Gasteiger partial charge on any atom is -0.372 e. The number of pyridine rings is 1. The molecule has 0 saturated carbocycles. The van der Waals surface area contributed by atoms with E-state index in [2.05, 4.69) is 37.9 Å². The molecule has 0 aliphatic carbocycles. The van der Waals surface area contributed by atoms with Crippen LogP contribution in [0.25, 0.3) is 0 Å². The minimum atomic E-state index is -3.58. The fourth-order valence-corrected chi connectivity index (χ4v) is 4.36. The van der Waals surface area contributed by atoms with Gasteiger partial charge in [-0.3, -0.25) is 0 Å². The maximum absolute atomic E-state index is 12.4. The van der Waals surface area contributed by atoms with Gasteiger partial charge < -0.3 is 5.32 Å². The fraction of sp³-hybridized carbons (Fsp3) is 0.583. The van der Waals surface area contributed by atoms with Crippen LogP contribution in [0.15, 0.2) is 21.6 Å². The Morgan fingerprint density at radius 1 is 1.50 bits per heavy atom. The summed E-state index contributed by atoms with van der Waals surface area (Å²) in [6.45, 7) is 3.96. The first-order valence-electron chi connectivity index (χ1n) is 6.34. The van der Waals surface area contributed by atoms with Crippen LogP contribution in [0.4, 0.5) is 5.82 Å². The summed E-state index contributed by atoms with van der Waals surface area (Å²) in [5, 5.41) is 2.80. The van der Waals surface area contributed by atoms with E-state index in [1.54, 1.807) is 31.1 Å². The molecule has 1 aromatic rings. The maximum atomic E-state index is 12.4. The second kappa shape index (κ2) is 8.21. The SMILES string of the molecule is CCSCCC(C)NS(=O)(=O)c1cc(Br)cnc1NC. The molecule has 0 fully saturated rings. The molecule has 1 rings (SSSR count). The van der Waals surface area contributed by atoms with Crippen LogP contribution in [0, 0.1) is 0 Å². The van der Waals surface area contributed by atoms with Crippen molar-refractivity contribution >= 4 is 43.5 Å². The van der Waals surface area contributed by atoms with Crippen LogP contribution in [-0.2, 0) is 10.0 Å². The third-order valence-electron chi connectivity index (χ3n) is 2.60. The van der Waals surface area contributed by atoms with E-state index in [1.165, 1.54) is 0 Å². The van der Waals surface area contributed by atoms with Gasteiger partial charge in [0.1, 0.15) is 10.7 Å². The Balaban J connectivity index is 2.85. The molecule has 0 saturated heterocycles. The first kappa shape index (κ1) is 17.7. The molecule has 20 heavy (non-hydrogen) atoms. The average molecular weight is 382 g/mol. The summed E-state index contributed by atoms with van der Waals surface area (Å²) < 4.78 is 28.1. The molecule has 2 N–H and O–H groups in total. The highest BCUT2D eigenvalue weighted by Gasteiger charge is 2.21. The lowest BCUT2D eigenvalue weighted by atomic mass is 10.3. The van der Waals surface area contributed by atoms with E-state index in [9.17, 15) is 8.42 Å². The number of nitrogens with zero attached hydrogens (tertiary/aromatic N) is 1. The minimum absolute atomic E-state index is 0.109. The summed E-state index contributed by atoms with van der Waals surface area (Å²) in [6, 6.07) is 1.44. The molecule has 8 heteroatoms. The smallest absolute Gasteiger partial charge is 0.244 e. The molecule has 0 radical (unpaired) electrons. The van der Waals surface area contributed by atoms with Crippen molar-refractivity contribution in [2.24, 2.45) is 0 Å². The quantitative estimate of drug-likeness (QED) is 0.677. The second-order valence-electron chi connectivity index (χ2n) is 4.26. The molecule has 0 aliphatic rings. The third kappa shape index (κ3) is 5.23. The Hall–Kier alpha value is -0.310. The molecule has 1 atom stereocenters. The predicted molar refractivity (Wildman–Crippen MR) is 88.9 cm³/mol.